The average molecular weight is 346 g/mol. The van der Waals surface area contributed by atoms with Crippen LogP contribution in [0.5, 0.6) is 0 Å². The molecule has 1 aliphatic heterocycles. The summed E-state index contributed by atoms with van der Waals surface area (Å²) in [6, 6.07) is 5.76. The number of guanidine groups is 1. The monoisotopic (exact) mass is 346 g/mol. The Kier molecular flexibility index (Phi) is 4.73. The van der Waals surface area contributed by atoms with Gasteiger partial charge in [-0.15, -0.1) is 24.0 Å². The van der Waals surface area contributed by atoms with E-state index in [1.807, 2.05) is 18.2 Å². The van der Waals surface area contributed by atoms with Crippen molar-refractivity contribution in [3.05, 3.63) is 34.9 Å². The molecule has 92 valence electrons. The summed E-state index contributed by atoms with van der Waals surface area (Å²) in [7, 11) is 0. The van der Waals surface area contributed by atoms with Crippen molar-refractivity contribution < 1.29 is 4.79 Å². The van der Waals surface area contributed by atoms with Crippen molar-refractivity contribution in [3.63, 3.8) is 0 Å². The second-order valence-corrected chi connectivity index (χ2v) is 3.74. The summed E-state index contributed by atoms with van der Waals surface area (Å²) in [5.74, 6) is 0.0370. The smallest absolute Gasteiger partial charge is 0.251 e. The zero-order chi connectivity index (χ0) is 11.5. The van der Waals surface area contributed by atoms with Gasteiger partial charge in [0.25, 0.3) is 5.91 Å². The topological polar surface area (TPSA) is 93.5 Å². The van der Waals surface area contributed by atoms with Crippen LogP contribution in [0, 0.1) is 0 Å². The minimum atomic E-state index is -0.0206. The van der Waals surface area contributed by atoms with E-state index in [1.165, 1.54) is 0 Å². The second-order valence-electron chi connectivity index (χ2n) is 3.74. The number of halogens is 1. The third-order valence-electron chi connectivity index (χ3n) is 2.54. The van der Waals surface area contributed by atoms with Crippen LogP contribution in [0.25, 0.3) is 0 Å². The molecule has 0 aliphatic carbocycles. The number of nitrogens with one attached hydrogen (secondary N) is 1. The summed E-state index contributed by atoms with van der Waals surface area (Å²) in [6.07, 6.45) is 0.879. The van der Waals surface area contributed by atoms with Crippen molar-refractivity contribution in [1.82, 2.24) is 5.32 Å². The molecule has 1 heterocycles. The summed E-state index contributed by atoms with van der Waals surface area (Å²) in [4.78, 5) is 15.5. The highest BCUT2D eigenvalue weighted by Crippen LogP contribution is 2.16. The number of hydrogen-bond acceptors (Lipinski definition) is 2. The normalized spacial score (nSPS) is 13.1. The van der Waals surface area contributed by atoms with E-state index in [9.17, 15) is 4.79 Å². The molecule has 1 aromatic carbocycles. The number of nitrogens with zero attached hydrogens (tertiary/aromatic N) is 1. The first-order valence-electron chi connectivity index (χ1n) is 5.12. The molecule has 0 fully saturated rings. The number of rotatable bonds is 2. The van der Waals surface area contributed by atoms with Crippen molar-refractivity contribution in [1.29, 1.82) is 0 Å². The summed E-state index contributed by atoms with van der Waals surface area (Å²) in [5.41, 5.74) is 13.3. The third-order valence-corrected chi connectivity index (χ3v) is 2.54. The van der Waals surface area contributed by atoms with Crippen molar-refractivity contribution >= 4 is 35.8 Å². The largest absolute Gasteiger partial charge is 0.370 e. The standard InChI is InChI=1S/C11H14N4O.HI/c12-11(13)15-6-7-1-2-8-3-4-14-10(16)9(8)5-7;/h1-2,5H,3-4,6H2,(H,14,16)(H4,12,13,15);1H. The molecular formula is C11H15IN4O. The fraction of sp³-hybridized carbons (Fsp3) is 0.273. The molecule has 0 saturated carbocycles. The molecule has 17 heavy (non-hydrogen) atoms. The van der Waals surface area contributed by atoms with E-state index in [0.717, 1.165) is 23.1 Å². The molecule has 1 aliphatic rings. The zero-order valence-corrected chi connectivity index (χ0v) is 11.6. The third kappa shape index (κ3) is 3.32. The van der Waals surface area contributed by atoms with Gasteiger partial charge < -0.3 is 16.8 Å². The van der Waals surface area contributed by atoms with Gasteiger partial charge in [-0.25, -0.2) is 4.99 Å². The predicted molar refractivity (Wildman–Crippen MR) is 77.4 cm³/mol. The maximum atomic E-state index is 11.6. The average Bonchev–Trinajstić information content (AvgIpc) is 2.27. The molecular weight excluding hydrogens is 331 g/mol. The minimum Gasteiger partial charge on any atom is -0.370 e. The summed E-state index contributed by atoms with van der Waals surface area (Å²) >= 11 is 0. The Labute approximate surface area is 117 Å². The molecule has 6 heteroatoms. The van der Waals surface area contributed by atoms with E-state index in [1.54, 1.807) is 0 Å². The van der Waals surface area contributed by atoms with Crippen LogP contribution < -0.4 is 16.8 Å². The number of benzene rings is 1. The Morgan fingerprint density at radius 3 is 2.88 bits per heavy atom. The Morgan fingerprint density at radius 1 is 1.41 bits per heavy atom. The number of carbonyl (C=O) groups excluding carboxylic acids is 1. The fourth-order valence-corrected chi connectivity index (χ4v) is 1.74. The molecule has 1 amide bonds. The lowest BCUT2D eigenvalue weighted by Crippen LogP contribution is -2.31. The van der Waals surface area contributed by atoms with Gasteiger partial charge in [0.1, 0.15) is 0 Å². The highest BCUT2D eigenvalue weighted by molar-refractivity contribution is 14.0. The quantitative estimate of drug-likeness (QED) is 0.410. The van der Waals surface area contributed by atoms with Gasteiger partial charge in [-0.05, 0) is 23.6 Å². The lowest BCUT2D eigenvalue weighted by atomic mass is 9.98. The van der Waals surface area contributed by atoms with E-state index in [2.05, 4.69) is 10.3 Å². The Balaban J connectivity index is 0.00000144. The molecule has 0 unspecified atom stereocenters. The maximum absolute atomic E-state index is 11.6. The molecule has 5 N–H and O–H groups in total. The van der Waals surface area contributed by atoms with E-state index >= 15 is 0 Å². The van der Waals surface area contributed by atoms with Crippen LogP contribution in [0.15, 0.2) is 23.2 Å². The fourth-order valence-electron chi connectivity index (χ4n) is 1.74. The molecule has 0 radical (unpaired) electrons. The Hall–Kier alpha value is -1.31. The molecule has 0 spiro atoms. The van der Waals surface area contributed by atoms with Crippen molar-refractivity contribution in [3.8, 4) is 0 Å². The molecule has 5 nitrogen and oxygen atoms in total. The maximum Gasteiger partial charge on any atom is 0.251 e. The van der Waals surface area contributed by atoms with Crippen molar-refractivity contribution in [2.24, 2.45) is 16.5 Å². The van der Waals surface area contributed by atoms with E-state index in [0.29, 0.717) is 13.1 Å². The van der Waals surface area contributed by atoms with Gasteiger partial charge in [-0.2, -0.15) is 0 Å². The molecule has 0 bridgehead atoms. The summed E-state index contributed by atoms with van der Waals surface area (Å²) in [6.45, 7) is 1.11. The Morgan fingerprint density at radius 2 is 2.18 bits per heavy atom. The lowest BCUT2D eigenvalue weighted by molar-refractivity contribution is 0.0946. The number of fused-ring (bicyclic) bond motifs is 1. The van der Waals surface area contributed by atoms with Gasteiger partial charge in [0.05, 0.1) is 6.54 Å². The van der Waals surface area contributed by atoms with Gasteiger partial charge in [0, 0.05) is 12.1 Å². The van der Waals surface area contributed by atoms with E-state index < -0.39 is 0 Å². The first-order valence-corrected chi connectivity index (χ1v) is 5.12. The zero-order valence-electron chi connectivity index (χ0n) is 9.27. The molecule has 0 atom stereocenters. The number of amides is 1. The van der Waals surface area contributed by atoms with Crippen LogP contribution in [0.1, 0.15) is 21.5 Å². The first kappa shape index (κ1) is 13.8. The SMILES string of the molecule is I.NC(N)=NCc1ccc2c(c1)C(=O)NCC2. The van der Waals surface area contributed by atoms with Gasteiger partial charge in [0.15, 0.2) is 5.96 Å². The summed E-state index contributed by atoms with van der Waals surface area (Å²) in [5, 5.41) is 2.81. The Bertz CT molecular complexity index is 455. The first-order chi connectivity index (χ1) is 7.66. The summed E-state index contributed by atoms with van der Waals surface area (Å²) < 4.78 is 0. The predicted octanol–water partition coefficient (Wildman–Crippen LogP) is 0.364. The van der Waals surface area contributed by atoms with Gasteiger partial charge >= 0.3 is 0 Å². The molecule has 0 aromatic heterocycles. The van der Waals surface area contributed by atoms with Crippen molar-refractivity contribution in [2.75, 3.05) is 6.54 Å². The van der Waals surface area contributed by atoms with E-state index in [-0.39, 0.29) is 35.8 Å². The minimum absolute atomic E-state index is 0. The second kappa shape index (κ2) is 5.85. The van der Waals surface area contributed by atoms with Gasteiger partial charge in [0.2, 0.25) is 0 Å². The van der Waals surface area contributed by atoms with Crippen LogP contribution in [0.3, 0.4) is 0 Å². The van der Waals surface area contributed by atoms with Gasteiger partial charge in [-0.1, -0.05) is 12.1 Å². The number of aliphatic imine (C=N–C) groups is 1. The van der Waals surface area contributed by atoms with Crippen molar-refractivity contribution in [2.45, 2.75) is 13.0 Å². The number of carbonyl (C=O) groups is 1. The molecule has 0 saturated heterocycles. The van der Waals surface area contributed by atoms with Crippen LogP contribution in [-0.4, -0.2) is 18.4 Å². The molecule has 1 aromatic rings. The highest BCUT2D eigenvalue weighted by Gasteiger charge is 2.16. The van der Waals surface area contributed by atoms with Gasteiger partial charge in [-0.3, -0.25) is 4.79 Å². The van der Waals surface area contributed by atoms with Crippen LogP contribution in [0.4, 0.5) is 0 Å². The van der Waals surface area contributed by atoms with Crippen LogP contribution in [0.2, 0.25) is 0 Å². The number of hydrogen-bond donors (Lipinski definition) is 3. The number of nitrogens with two attached hydrogens (primary N) is 2. The van der Waals surface area contributed by atoms with E-state index in [4.69, 9.17) is 11.5 Å². The molecule has 2 rings (SSSR count). The lowest BCUT2D eigenvalue weighted by Gasteiger charge is -2.16. The van der Waals surface area contributed by atoms with Crippen LogP contribution >= 0.6 is 24.0 Å². The van der Waals surface area contributed by atoms with Crippen LogP contribution in [-0.2, 0) is 13.0 Å². The highest BCUT2D eigenvalue weighted by atomic mass is 127.